The minimum absolute atomic E-state index is 0.0200. The van der Waals surface area contributed by atoms with Crippen LogP contribution >= 0.6 is 0 Å². The van der Waals surface area contributed by atoms with Crippen molar-refractivity contribution in [2.45, 2.75) is 77.9 Å². The van der Waals surface area contributed by atoms with Crippen molar-refractivity contribution in [1.82, 2.24) is 16.0 Å². The molecule has 0 aliphatic carbocycles. The van der Waals surface area contributed by atoms with Crippen molar-refractivity contribution in [3.8, 4) is 0 Å². The number of esters is 1. The summed E-state index contributed by atoms with van der Waals surface area (Å²) in [5, 5.41) is 19.9. The number of carbonyl (C=O) groups excluding carboxylic acids is 4. The number of anilines is 1. The van der Waals surface area contributed by atoms with Crippen LogP contribution in [0.5, 0.6) is 0 Å². The molecule has 282 valence electrons. The predicted molar refractivity (Wildman–Crippen MR) is 201 cm³/mol. The summed E-state index contributed by atoms with van der Waals surface area (Å²) in [4.78, 5) is 52.7. The van der Waals surface area contributed by atoms with E-state index >= 15 is 0 Å². The van der Waals surface area contributed by atoms with Crippen LogP contribution in [0.4, 0.5) is 5.69 Å². The molecule has 0 saturated carbocycles. The summed E-state index contributed by atoms with van der Waals surface area (Å²) in [6.07, 6.45) is -0.825. The quantitative estimate of drug-likeness (QED) is 0.139. The van der Waals surface area contributed by atoms with Crippen molar-refractivity contribution in [1.29, 1.82) is 0 Å². The molecule has 52 heavy (non-hydrogen) atoms. The molecule has 0 aliphatic rings. The summed E-state index contributed by atoms with van der Waals surface area (Å²) in [7, 11) is -1.41. The molecule has 4 N–H and O–H groups in total. The Morgan fingerprint density at radius 1 is 0.788 bits per heavy atom. The second-order valence-electron chi connectivity index (χ2n) is 13.8. The first kappa shape index (κ1) is 41.7. The zero-order chi connectivity index (χ0) is 38.6. The van der Waals surface area contributed by atoms with Gasteiger partial charge in [-0.05, 0) is 54.0 Å². The molecule has 0 saturated heterocycles. The van der Waals surface area contributed by atoms with Gasteiger partial charge in [0.2, 0.25) is 21.8 Å². The highest BCUT2D eigenvalue weighted by Crippen LogP contribution is 2.24. The fourth-order valence-corrected chi connectivity index (χ4v) is 6.87. The number of amides is 3. The third kappa shape index (κ3) is 12.2. The fraction of sp³-hybridized carbons (Fsp3) is 0.436. The highest BCUT2D eigenvalue weighted by molar-refractivity contribution is 7.92. The van der Waals surface area contributed by atoms with Crippen molar-refractivity contribution in [2.75, 3.05) is 18.5 Å². The number of hydrogen-bond donors (Lipinski definition) is 4. The third-order valence-corrected chi connectivity index (χ3v) is 10.4. The van der Waals surface area contributed by atoms with Crippen molar-refractivity contribution in [3.05, 3.63) is 101 Å². The van der Waals surface area contributed by atoms with Crippen LogP contribution < -0.4 is 20.3 Å². The third-order valence-electron chi connectivity index (χ3n) is 8.68. The molecule has 0 spiro atoms. The number of nitrogens with zero attached hydrogens (tertiary/aromatic N) is 1. The highest BCUT2D eigenvalue weighted by atomic mass is 32.2. The average Bonchev–Trinajstić information content (AvgIpc) is 3.11. The van der Waals surface area contributed by atoms with Crippen LogP contribution in [-0.2, 0) is 36.6 Å². The summed E-state index contributed by atoms with van der Waals surface area (Å²) < 4.78 is 32.5. The van der Waals surface area contributed by atoms with Gasteiger partial charge in [-0.1, -0.05) is 95.3 Å². The number of aliphatic hydroxyl groups is 1. The number of methoxy groups -OCH3 is 1. The van der Waals surface area contributed by atoms with Gasteiger partial charge in [0.25, 0.3) is 5.91 Å². The van der Waals surface area contributed by atoms with Crippen LogP contribution in [0.15, 0.2) is 78.9 Å². The first-order chi connectivity index (χ1) is 24.5. The molecule has 4 atom stereocenters. The lowest BCUT2D eigenvalue weighted by atomic mass is 9.91. The molecule has 0 radical (unpaired) electrons. The molecular weight excluding hydrogens is 685 g/mol. The van der Waals surface area contributed by atoms with E-state index in [0.717, 1.165) is 9.87 Å². The van der Waals surface area contributed by atoms with E-state index in [2.05, 4.69) is 16.0 Å². The Morgan fingerprint density at radius 3 is 1.92 bits per heavy atom. The summed E-state index contributed by atoms with van der Waals surface area (Å²) in [6.45, 7) is 9.46. The molecule has 3 rings (SSSR count). The monoisotopic (exact) mass is 736 g/mol. The van der Waals surface area contributed by atoms with Crippen molar-refractivity contribution in [2.24, 2.45) is 17.8 Å². The van der Waals surface area contributed by atoms with Gasteiger partial charge in [0.05, 0.1) is 36.3 Å². The Bertz CT molecular complexity index is 1770. The number of aliphatic hydroxyl groups excluding tert-OH is 1. The first-order valence-corrected chi connectivity index (χ1v) is 19.0. The number of sulfonamides is 1. The predicted octanol–water partition coefficient (Wildman–Crippen LogP) is 4.43. The summed E-state index contributed by atoms with van der Waals surface area (Å²) in [5.41, 5.74) is 1.50. The molecule has 0 aliphatic heterocycles. The molecule has 12 nitrogen and oxygen atoms in total. The topological polar surface area (TPSA) is 171 Å². The van der Waals surface area contributed by atoms with E-state index in [1.807, 2.05) is 58.0 Å². The standard InChI is InChI=1S/C39H52N4O8S/c1-25(2)18-33(34(44)19-27(5)36(45)42-35(26(3)4)38(47)40-23-28-14-10-8-11-15-28)41-37(46)30-20-31(39(48)51-7)22-32(21-30)43(6)52(49,50)24-29-16-12-9-13-17-29/h8-17,20-22,25-27,33-35,44H,18-19,23-24H2,1-7H3,(H,40,47)(H,41,46)(H,42,45)/t27-,33+,34+,35+/m1/s1. The van der Waals surface area contributed by atoms with Gasteiger partial charge >= 0.3 is 5.97 Å². The SMILES string of the molecule is COC(=O)c1cc(C(=O)N[C@@H](CC(C)C)[C@@H](O)C[C@@H](C)C(=O)N[C@H](C(=O)NCc2ccccc2)C(C)C)cc(N(C)S(=O)(=O)Cc2ccccc2)c1. The van der Waals surface area contributed by atoms with Crippen LogP contribution in [0, 0.1) is 17.8 Å². The Kier molecular flexibility index (Phi) is 15.4. The average molecular weight is 737 g/mol. The van der Waals surface area contributed by atoms with E-state index in [9.17, 15) is 32.7 Å². The molecule has 3 aromatic carbocycles. The van der Waals surface area contributed by atoms with E-state index in [1.165, 1.54) is 32.4 Å². The van der Waals surface area contributed by atoms with Gasteiger partial charge in [-0.2, -0.15) is 0 Å². The van der Waals surface area contributed by atoms with Gasteiger partial charge in [0.1, 0.15) is 6.04 Å². The van der Waals surface area contributed by atoms with E-state index in [-0.39, 0.29) is 46.7 Å². The Labute approximate surface area is 307 Å². The summed E-state index contributed by atoms with van der Waals surface area (Å²) in [6, 6.07) is 20.4. The number of nitrogens with one attached hydrogen (secondary N) is 3. The van der Waals surface area contributed by atoms with Gasteiger partial charge in [-0.15, -0.1) is 0 Å². The Morgan fingerprint density at radius 2 is 1.37 bits per heavy atom. The van der Waals surface area contributed by atoms with E-state index in [1.54, 1.807) is 37.3 Å². The van der Waals surface area contributed by atoms with E-state index in [4.69, 9.17) is 4.74 Å². The molecule has 0 fully saturated rings. The number of carbonyl (C=O) groups is 4. The number of ether oxygens (including phenoxy) is 1. The molecule has 0 aromatic heterocycles. The largest absolute Gasteiger partial charge is 0.465 e. The zero-order valence-electron chi connectivity index (χ0n) is 31.0. The second kappa shape index (κ2) is 19.2. The van der Waals surface area contributed by atoms with Gasteiger partial charge < -0.3 is 25.8 Å². The van der Waals surface area contributed by atoms with E-state index < -0.39 is 51.9 Å². The van der Waals surface area contributed by atoms with Crippen molar-refractivity contribution < 1.29 is 37.4 Å². The van der Waals surface area contributed by atoms with Crippen LogP contribution in [0.25, 0.3) is 0 Å². The lowest BCUT2D eigenvalue weighted by Gasteiger charge is -2.29. The van der Waals surface area contributed by atoms with E-state index in [0.29, 0.717) is 18.5 Å². The smallest absolute Gasteiger partial charge is 0.337 e. The second-order valence-corrected chi connectivity index (χ2v) is 15.8. The molecule has 3 amide bonds. The van der Waals surface area contributed by atoms with Crippen LogP contribution in [0.3, 0.4) is 0 Å². The van der Waals surface area contributed by atoms with Crippen LogP contribution in [0.1, 0.15) is 79.3 Å². The molecule has 13 heteroatoms. The molecular formula is C39H52N4O8S. The molecule has 3 aromatic rings. The number of hydrogen-bond acceptors (Lipinski definition) is 8. The first-order valence-electron chi connectivity index (χ1n) is 17.4. The maximum Gasteiger partial charge on any atom is 0.337 e. The normalized spacial score (nSPS) is 13.8. The van der Waals surface area contributed by atoms with Gasteiger partial charge in [-0.25, -0.2) is 13.2 Å². The van der Waals surface area contributed by atoms with Crippen LogP contribution in [0.2, 0.25) is 0 Å². The summed E-state index contributed by atoms with van der Waals surface area (Å²) in [5.74, 6) is -3.36. The lowest BCUT2D eigenvalue weighted by molar-refractivity contribution is -0.132. The minimum Gasteiger partial charge on any atom is -0.465 e. The van der Waals surface area contributed by atoms with Gasteiger partial charge in [-0.3, -0.25) is 18.7 Å². The Balaban J connectivity index is 1.76. The Hall–Kier alpha value is -4.75. The molecule has 0 bridgehead atoms. The molecule has 0 heterocycles. The maximum atomic E-state index is 13.7. The van der Waals surface area contributed by atoms with Crippen molar-refractivity contribution >= 4 is 39.4 Å². The minimum atomic E-state index is -3.92. The lowest BCUT2D eigenvalue weighted by Crippen LogP contribution is -2.51. The summed E-state index contributed by atoms with van der Waals surface area (Å²) >= 11 is 0. The number of benzene rings is 3. The maximum absolute atomic E-state index is 13.7. The van der Waals surface area contributed by atoms with Gasteiger partial charge in [0, 0.05) is 25.1 Å². The highest BCUT2D eigenvalue weighted by Gasteiger charge is 2.31. The van der Waals surface area contributed by atoms with Gasteiger partial charge in [0.15, 0.2) is 0 Å². The van der Waals surface area contributed by atoms with Crippen LogP contribution in [-0.4, -0.2) is 69.6 Å². The number of rotatable bonds is 18. The zero-order valence-corrected chi connectivity index (χ0v) is 31.8. The fourth-order valence-electron chi connectivity index (χ4n) is 5.63. The molecule has 0 unspecified atom stereocenters. The van der Waals surface area contributed by atoms with Crippen molar-refractivity contribution in [3.63, 3.8) is 0 Å².